The number of pyridine rings is 1. The molecular formula is C25H28N4O2. The van der Waals surface area contributed by atoms with E-state index in [1.165, 1.54) is 5.69 Å². The van der Waals surface area contributed by atoms with Gasteiger partial charge in [-0.15, -0.1) is 0 Å². The Morgan fingerprint density at radius 1 is 0.968 bits per heavy atom. The molecule has 1 aromatic heterocycles. The van der Waals surface area contributed by atoms with Crippen molar-refractivity contribution < 1.29 is 9.59 Å². The van der Waals surface area contributed by atoms with Crippen LogP contribution in [0, 0.1) is 12.8 Å². The average molecular weight is 417 g/mol. The highest BCUT2D eigenvalue weighted by Crippen LogP contribution is 2.26. The third-order valence-corrected chi connectivity index (χ3v) is 5.66. The largest absolute Gasteiger partial charge is 0.368 e. The molecule has 0 unspecified atom stereocenters. The molecule has 6 heteroatoms. The number of amides is 2. The summed E-state index contributed by atoms with van der Waals surface area (Å²) < 4.78 is 0. The third kappa shape index (κ3) is 4.53. The van der Waals surface area contributed by atoms with Crippen molar-refractivity contribution in [2.24, 2.45) is 5.92 Å². The number of hydrogen-bond acceptors (Lipinski definition) is 4. The molecule has 1 fully saturated rings. The van der Waals surface area contributed by atoms with Crippen LogP contribution in [0.5, 0.6) is 0 Å². The molecular weight excluding hydrogens is 388 g/mol. The van der Waals surface area contributed by atoms with E-state index in [1.54, 1.807) is 6.07 Å². The van der Waals surface area contributed by atoms with Gasteiger partial charge in [0.15, 0.2) is 0 Å². The number of hydrogen-bond donors (Lipinski definition) is 1. The number of anilines is 2. The van der Waals surface area contributed by atoms with E-state index in [4.69, 9.17) is 0 Å². The highest BCUT2D eigenvalue weighted by molar-refractivity contribution is 6.08. The normalized spacial score (nSPS) is 14.2. The molecule has 1 saturated heterocycles. The summed E-state index contributed by atoms with van der Waals surface area (Å²) >= 11 is 0. The highest BCUT2D eigenvalue weighted by atomic mass is 16.2. The minimum atomic E-state index is -0.147. The Morgan fingerprint density at radius 3 is 2.35 bits per heavy atom. The molecule has 1 N–H and O–H groups in total. The van der Waals surface area contributed by atoms with Crippen LogP contribution < -0.4 is 10.2 Å². The number of aryl methyl sites for hydroxylation is 1. The van der Waals surface area contributed by atoms with Crippen LogP contribution in [0.3, 0.4) is 0 Å². The Morgan fingerprint density at radius 2 is 1.68 bits per heavy atom. The minimum Gasteiger partial charge on any atom is -0.368 e. The standard InChI is InChI=1S/C25H28N4O2/c1-17(2)24(30)27-19-15-22(21-10-9-18(3)26-23(21)16-19)25(31)29-13-11-28(12-14-29)20-7-5-4-6-8-20/h4-10,15-17H,11-14H2,1-3H3,(H,27,30). The van der Waals surface area contributed by atoms with Crippen LogP contribution in [0.15, 0.2) is 54.6 Å². The van der Waals surface area contributed by atoms with E-state index in [0.29, 0.717) is 29.9 Å². The van der Waals surface area contributed by atoms with Crippen LogP contribution in [0.25, 0.3) is 10.9 Å². The summed E-state index contributed by atoms with van der Waals surface area (Å²) in [6.45, 7) is 8.48. The topological polar surface area (TPSA) is 65.5 Å². The van der Waals surface area contributed by atoms with Gasteiger partial charge >= 0.3 is 0 Å². The summed E-state index contributed by atoms with van der Waals surface area (Å²) in [4.78, 5) is 34.5. The molecule has 31 heavy (non-hydrogen) atoms. The molecule has 1 aliphatic heterocycles. The maximum atomic E-state index is 13.5. The predicted octanol–water partition coefficient (Wildman–Crippen LogP) is 4.10. The predicted molar refractivity (Wildman–Crippen MR) is 125 cm³/mol. The van der Waals surface area contributed by atoms with E-state index in [2.05, 4.69) is 27.3 Å². The van der Waals surface area contributed by atoms with E-state index in [0.717, 1.165) is 24.2 Å². The Kier molecular flexibility index (Phi) is 5.89. The van der Waals surface area contributed by atoms with Gasteiger partial charge in [-0.25, -0.2) is 0 Å². The van der Waals surface area contributed by atoms with Gasteiger partial charge in [-0.1, -0.05) is 38.1 Å². The first-order chi connectivity index (χ1) is 14.9. The number of benzene rings is 2. The molecule has 160 valence electrons. The summed E-state index contributed by atoms with van der Waals surface area (Å²) in [7, 11) is 0. The van der Waals surface area contributed by atoms with Crippen LogP contribution in [0.2, 0.25) is 0 Å². The second kappa shape index (κ2) is 8.76. The number of carbonyl (C=O) groups is 2. The molecule has 4 rings (SSSR count). The van der Waals surface area contributed by atoms with Crippen LogP contribution in [-0.4, -0.2) is 47.9 Å². The number of para-hydroxylation sites is 1. The van der Waals surface area contributed by atoms with Gasteiger partial charge in [0.25, 0.3) is 5.91 Å². The molecule has 0 saturated carbocycles. The zero-order valence-electron chi connectivity index (χ0n) is 18.3. The molecule has 2 aromatic carbocycles. The fourth-order valence-corrected chi connectivity index (χ4v) is 3.85. The number of fused-ring (bicyclic) bond motifs is 1. The van der Waals surface area contributed by atoms with Crippen molar-refractivity contribution in [2.75, 3.05) is 36.4 Å². The Hall–Kier alpha value is -3.41. The van der Waals surface area contributed by atoms with E-state index in [1.807, 2.05) is 62.1 Å². The van der Waals surface area contributed by atoms with Crippen LogP contribution in [0.4, 0.5) is 11.4 Å². The monoisotopic (exact) mass is 416 g/mol. The highest BCUT2D eigenvalue weighted by Gasteiger charge is 2.24. The maximum absolute atomic E-state index is 13.5. The van der Waals surface area contributed by atoms with Crippen molar-refractivity contribution in [3.05, 3.63) is 65.9 Å². The smallest absolute Gasteiger partial charge is 0.254 e. The van der Waals surface area contributed by atoms with E-state index < -0.39 is 0 Å². The minimum absolute atomic E-state index is 0.0241. The summed E-state index contributed by atoms with van der Waals surface area (Å²) in [6, 6.07) is 17.8. The Balaban J connectivity index is 1.60. The quantitative estimate of drug-likeness (QED) is 0.695. The van der Waals surface area contributed by atoms with Crippen molar-refractivity contribution in [1.29, 1.82) is 0 Å². The molecule has 1 aliphatic rings. The third-order valence-electron chi connectivity index (χ3n) is 5.66. The van der Waals surface area contributed by atoms with Gasteiger partial charge < -0.3 is 15.1 Å². The Bertz CT molecular complexity index is 1100. The van der Waals surface area contributed by atoms with Crippen molar-refractivity contribution in [2.45, 2.75) is 20.8 Å². The lowest BCUT2D eigenvalue weighted by molar-refractivity contribution is -0.118. The van der Waals surface area contributed by atoms with Gasteiger partial charge in [0.2, 0.25) is 5.91 Å². The summed E-state index contributed by atoms with van der Waals surface area (Å²) in [5.74, 6) is -0.253. The van der Waals surface area contributed by atoms with Gasteiger partial charge in [0, 0.05) is 54.6 Å². The fraction of sp³-hybridized carbons (Fsp3) is 0.320. The second-order valence-corrected chi connectivity index (χ2v) is 8.30. The Labute approximate surface area is 182 Å². The van der Waals surface area contributed by atoms with Crippen molar-refractivity contribution in [3.8, 4) is 0 Å². The molecule has 0 spiro atoms. The molecule has 3 aromatic rings. The van der Waals surface area contributed by atoms with E-state index in [-0.39, 0.29) is 17.7 Å². The fourth-order valence-electron chi connectivity index (χ4n) is 3.85. The van der Waals surface area contributed by atoms with Crippen molar-refractivity contribution in [1.82, 2.24) is 9.88 Å². The number of piperazine rings is 1. The first kappa shape index (κ1) is 20.8. The van der Waals surface area contributed by atoms with Crippen LogP contribution in [-0.2, 0) is 4.79 Å². The zero-order valence-corrected chi connectivity index (χ0v) is 18.3. The van der Waals surface area contributed by atoms with Gasteiger partial charge in [-0.3, -0.25) is 14.6 Å². The van der Waals surface area contributed by atoms with Gasteiger partial charge in [-0.05, 0) is 37.3 Å². The number of nitrogens with zero attached hydrogens (tertiary/aromatic N) is 3. The van der Waals surface area contributed by atoms with E-state index in [9.17, 15) is 9.59 Å². The maximum Gasteiger partial charge on any atom is 0.254 e. The average Bonchev–Trinajstić information content (AvgIpc) is 2.78. The summed E-state index contributed by atoms with van der Waals surface area (Å²) in [5.41, 5.74) is 3.95. The van der Waals surface area contributed by atoms with Gasteiger partial charge in [0.1, 0.15) is 0 Å². The second-order valence-electron chi connectivity index (χ2n) is 8.30. The lowest BCUT2D eigenvalue weighted by atomic mass is 10.0. The molecule has 2 amide bonds. The number of aromatic nitrogens is 1. The molecule has 0 aliphatic carbocycles. The number of carbonyl (C=O) groups excluding carboxylic acids is 2. The lowest BCUT2D eigenvalue weighted by Crippen LogP contribution is -2.48. The first-order valence-electron chi connectivity index (χ1n) is 10.7. The zero-order chi connectivity index (χ0) is 22.0. The summed E-state index contributed by atoms with van der Waals surface area (Å²) in [6.07, 6.45) is 0. The molecule has 0 atom stereocenters. The number of nitrogens with one attached hydrogen (secondary N) is 1. The van der Waals surface area contributed by atoms with Crippen LogP contribution in [0.1, 0.15) is 29.9 Å². The van der Waals surface area contributed by atoms with Crippen molar-refractivity contribution in [3.63, 3.8) is 0 Å². The number of rotatable bonds is 4. The molecule has 2 heterocycles. The summed E-state index contributed by atoms with van der Waals surface area (Å²) in [5, 5.41) is 3.73. The molecule has 6 nitrogen and oxygen atoms in total. The van der Waals surface area contributed by atoms with Gasteiger partial charge in [0.05, 0.1) is 11.1 Å². The molecule has 0 radical (unpaired) electrons. The SMILES string of the molecule is Cc1ccc2c(C(=O)N3CCN(c4ccccc4)CC3)cc(NC(=O)C(C)C)cc2n1. The molecule has 0 bridgehead atoms. The van der Waals surface area contributed by atoms with Crippen LogP contribution >= 0.6 is 0 Å². The lowest BCUT2D eigenvalue weighted by Gasteiger charge is -2.36. The van der Waals surface area contributed by atoms with Gasteiger partial charge in [-0.2, -0.15) is 0 Å². The van der Waals surface area contributed by atoms with Crippen molar-refractivity contribution >= 4 is 34.1 Å². The van der Waals surface area contributed by atoms with E-state index >= 15 is 0 Å². The first-order valence-corrected chi connectivity index (χ1v) is 10.7.